The molecule has 6 aliphatic rings. The van der Waals surface area contributed by atoms with Gasteiger partial charge in [0, 0.05) is 11.0 Å². The monoisotopic (exact) mass is 612 g/mol. The fraction of sp³-hybridized carbons (Fsp3) is 0.763. The Balaban J connectivity index is 1.27. The highest BCUT2D eigenvalue weighted by Crippen LogP contribution is 2.78. The largest absolute Gasteiger partial charge is 0.573 e. The second kappa shape index (κ2) is 9.38. The molecule has 0 aromatic heterocycles. The van der Waals surface area contributed by atoms with Crippen molar-refractivity contribution in [3.05, 3.63) is 35.4 Å². The first kappa shape index (κ1) is 30.8. The van der Waals surface area contributed by atoms with Crippen molar-refractivity contribution in [2.45, 2.75) is 119 Å². The maximum atomic E-state index is 14.1. The Labute approximate surface area is 261 Å². The second-order valence-electron chi connectivity index (χ2n) is 17.8. The van der Waals surface area contributed by atoms with E-state index in [0.29, 0.717) is 46.8 Å². The van der Waals surface area contributed by atoms with Gasteiger partial charge in [-0.3, -0.25) is 4.79 Å². The molecule has 6 heteroatoms. The molecule has 5 aliphatic carbocycles. The van der Waals surface area contributed by atoms with Crippen LogP contribution in [0.2, 0.25) is 0 Å². The van der Waals surface area contributed by atoms with Gasteiger partial charge in [0.15, 0.2) is 5.78 Å². The number of benzene rings is 1. The summed E-state index contributed by atoms with van der Waals surface area (Å²) in [5.74, 6) is 1.76. The highest BCUT2D eigenvalue weighted by atomic mass is 19.4. The number of rotatable bonds is 2. The van der Waals surface area contributed by atoms with Gasteiger partial charge in [-0.05, 0) is 126 Å². The molecular formula is C38H51F3O3. The predicted molar refractivity (Wildman–Crippen MR) is 166 cm³/mol. The Morgan fingerprint density at radius 3 is 2.30 bits per heavy atom. The summed E-state index contributed by atoms with van der Waals surface area (Å²) >= 11 is 0. The van der Waals surface area contributed by atoms with E-state index in [9.17, 15) is 18.0 Å². The molecule has 0 amide bonds. The summed E-state index contributed by atoms with van der Waals surface area (Å²) in [6.45, 7) is 17.6. The van der Waals surface area contributed by atoms with Gasteiger partial charge in [0.1, 0.15) is 5.75 Å². The number of hydrogen-bond acceptors (Lipinski definition) is 3. The minimum Gasteiger partial charge on any atom is -0.405 e. The SMILES string of the molecule is CC1(C)CC[C@]23CC[C@]4(C)[C@H](CC[C@@H]5[C@@]6(C)C/C(=C\c7ccccc7OC(F)(F)F)C(=O)C(C)(C)[C@H]6CC[C@]54C)[C@@H]2[C@H]1OC3. The number of carbonyl (C=O) groups is 1. The van der Waals surface area contributed by atoms with Crippen LogP contribution in [-0.2, 0) is 9.53 Å². The van der Waals surface area contributed by atoms with E-state index < -0.39 is 11.8 Å². The number of allylic oxidation sites excluding steroid dienone is 1. The second-order valence-corrected chi connectivity index (χ2v) is 17.8. The number of hydrogen-bond donors (Lipinski definition) is 0. The Hall–Kier alpha value is -1.82. The molecule has 1 aromatic rings. The summed E-state index contributed by atoms with van der Waals surface area (Å²) in [5.41, 5.74) is 1.12. The van der Waals surface area contributed by atoms with E-state index in [1.54, 1.807) is 18.2 Å². The lowest BCUT2D eigenvalue weighted by Gasteiger charge is -2.73. The first-order chi connectivity index (χ1) is 20.4. The fourth-order valence-electron chi connectivity index (χ4n) is 13.0. The molecular weight excluding hydrogens is 561 g/mol. The van der Waals surface area contributed by atoms with Crippen LogP contribution < -0.4 is 4.74 Å². The summed E-state index contributed by atoms with van der Waals surface area (Å²) in [4.78, 5) is 14.1. The minimum atomic E-state index is -4.79. The van der Waals surface area contributed by atoms with Crippen LogP contribution in [0.1, 0.15) is 112 Å². The lowest BCUT2D eigenvalue weighted by Crippen LogP contribution is -2.67. The molecule has 1 saturated heterocycles. The van der Waals surface area contributed by atoms with Crippen molar-refractivity contribution in [2.75, 3.05) is 6.61 Å². The van der Waals surface area contributed by atoms with Crippen molar-refractivity contribution in [2.24, 2.45) is 56.2 Å². The molecule has 242 valence electrons. The van der Waals surface area contributed by atoms with Crippen LogP contribution in [0.25, 0.3) is 6.08 Å². The Morgan fingerprint density at radius 1 is 0.864 bits per heavy atom. The van der Waals surface area contributed by atoms with Gasteiger partial charge < -0.3 is 9.47 Å². The molecule has 0 spiro atoms. The number of Topliss-reactive ketones (excluding diaryl/α,β-unsaturated/α-hetero) is 1. The highest BCUT2D eigenvalue weighted by Gasteiger charge is 2.73. The molecule has 6 fully saturated rings. The van der Waals surface area contributed by atoms with Crippen molar-refractivity contribution < 1.29 is 27.4 Å². The van der Waals surface area contributed by atoms with Crippen molar-refractivity contribution in [1.29, 1.82) is 0 Å². The first-order valence-corrected chi connectivity index (χ1v) is 17.1. The summed E-state index contributed by atoms with van der Waals surface area (Å²) in [6.07, 6.45) is 7.41. The third kappa shape index (κ3) is 4.06. The van der Waals surface area contributed by atoms with Gasteiger partial charge in [-0.15, -0.1) is 13.2 Å². The van der Waals surface area contributed by atoms with Crippen molar-refractivity contribution in [1.82, 2.24) is 0 Å². The fourth-order valence-corrected chi connectivity index (χ4v) is 13.0. The maximum Gasteiger partial charge on any atom is 0.573 e. The van der Waals surface area contributed by atoms with Crippen molar-refractivity contribution in [3.63, 3.8) is 0 Å². The summed E-state index contributed by atoms with van der Waals surface area (Å²) in [6, 6.07) is 6.21. The smallest absolute Gasteiger partial charge is 0.405 e. The van der Waals surface area contributed by atoms with Crippen molar-refractivity contribution >= 4 is 11.9 Å². The first-order valence-electron chi connectivity index (χ1n) is 17.1. The van der Waals surface area contributed by atoms with E-state index in [-0.39, 0.29) is 39.1 Å². The lowest BCUT2D eigenvalue weighted by atomic mass is 9.31. The van der Waals surface area contributed by atoms with E-state index in [1.165, 1.54) is 44.2 Å². The van der Waals surface area contributed by atoms with E-state index in [4.69, 9.17) is 4.74 Å². The molecule has 9 atom stereocenters. The van der Waals surface area contributed by atoms with Gasteiger partial charge in [0.25, 0.3) is 0 Å². The molecule has 5 saturated carbocycles. The predicted octanol–water partition coefficient (Wildman–Crippen LogP) is 10.0. The van der Waals surface area contributed by atoms with Crippen LogP contribution in [0.3, 0.4) is 0 Å². The number of ketones is 1. The Morgan fingerprint density at radius 2 is 1.57 bits per heavy atom. The average Bonchev–Trinajstić information content (AvgIpc) is 3.26. The Bertz CT molecular complexity index is 1390. The van der Waals surface area contributed by atoms with Crippen LogP contribution in [0.15, 0.2) is 29.8 Å². The Kier molecular flexibility index (Phi) is 6.57. The quantitative estimate of drug-likeness (QED) is 0.312. The number of alkyl halides is 3. The van der Waals surface area contributed by atoms with Crippen LogP contribution in [0.4, 0.5) is 13.2 Å². The summed E-state index contributed by atoms with van der Waals surface area (Å²) in [7, 11) is 0. The molecule has 0 N–H and O–H groups in total. The number of carbonyl (C=O) groups excluding carboxylic acids is 1. The molecule has 1 aromatic carbocycles. The molecule has 7 rings (SSSR count). The van der Waals surface area contributed by atoms with Gasteiger partial charge >= 0.3 is 6.36 Å². The number of fused-ring (bicyclic) bond motifs is 5. The normalized spacial score (nSPS) is 46.5. The van der Waals surface area contributed by atoms with Crippen LogP contribution in [0, 0.1) is 56.2 Å². The van der Waals surface area contributed by atoms with Gasteiger partial charge in [-0.2, -0.15) is 0 Å². The molecule has 2 bridgehead atoms. The van der Waals surface area contributed by atoms with Gasteiger partial charge in [-0.25, -0.2) is 0 Å². The van der Waals surface area contributed by atoms with E-state index in [2.05, 4.69) is 53.2 Å². The lowest BCUT2D eigenvalue weighted by molar-refractivity contribution is -0.274. The number of halogens is 3. The highest BCUT2D eigenvalue weighted by molar-refractivity contribution is 6.04. The molecule has 1 heterocycles. The average molecular weight is 613 g/mol. The van der Waals surface area contributed by atoms with E-state index in [0.717, 1.165) is 25.9 Å². The zero-order valence-electron chi connectivity index (χ0n) is 27.7. The van der Waals surface area contributed by atoms with E-state index in [1.807, 2.05) is 0 Å². The summed E-state index contributed by atoms with van der Waals surface area (Å²) < 4.78 is 50.9. The number of ether oxygens (including phenoxy) is 2. The van der Waals surface area contributed by atoms with Gasteiger partial charge in [-0.1, -0.05) is 66.7 Å². The van der Waals surface area contributed by atoms with Crippen LogP contribution in [0.5, 0.6) is 5.75 Å². The molecule has 44 heavy (non-hydrogen) atoms. The van der Waals surface area contributed by atoms with Crippen LogP contribution in [-0.4, -0.2) is 24.9 Å². The third-order valence-corrected chi connectivity index (χ3v) is 15.2. The van der Waals surface area contributed by atoms with E-state index >= 15 is 0 Å². The van der Waals surface area contributed by atoms with Gasteiger partial charge in [0.05, 0.1) is 12.7 Å². The molecule has 0 unspecified atom stereocenters. The topological polar surface area (TPSA) is 35.5 Å². The van der Waals surface area contributed by atoms with Crippen LogP contribution >= 0.6 is 0 Å². The van der Waals surface area contributed by atoms with Crippen molar-refractivity contribution in [3.8, 4) is 5.75 Å². The van der Waals surface area contributed by atoms with Gasteiger partial charge in [0.2, 0.25) is 0 Å². The zero-order valence-corrected chi connectivity index (χ0v) is 27.7. The molecule has 3 nitrogen and oxygen atoms in total. The standard InChI is InChI=1S/C38H51F3O3/c1-32(2)16-18-37-19-17-35(6)25(29(37)31(32)43-22-37)12-13-28-34(5)21-24(20-23-10-8-9-11-26(23)44-38(39,40)41)30(42)33(3,4)27(34)14-15-36(28,35)7/h8-11,20,25,27-29,31H,12-19,21-22H2,1-7H3/b24-20+/t25-,27-,28-,29-,31-,34+,35-,36-,37-/m1/s1. The minimum absolute atomic E-state index is 0.0723. The third-order valence-electron chi connectivity index (χ3n) is 15.2. The summed E-state index contributed by atoms with van der Waals surface area (Å²) in [5, 5.41) is 0. The molecule has 1 aliphatic heterocycles. The number of para-hydroxylation sites is 1. The molecule has 0 radical (unpaired) electrons. The zero-order chi connectivity index (χ0) is 31.7. The maximum absolute atomic E-state index is 14.1.